The number of carbonyl (C=O) groups excluding carboxylic acids is 1. The summed E-state index contributed by atoms with van der Waals surface area (Å²) in [5.41, 5.74) is 1.74. The minimum absolute atomic E-state index is 0.273. The number of halogens is 2. The molecule has 0 fully saturated rings. The Morgan fingerprint density at radius 1 is 1.13 bits per heavy atom. The molecule has 1 unspecified atom stereocenters. The van der Waals surface area contributed by atoms with Crippen LogP contribution in [-0.4, -0.2) is 31.4 Å². The van der Waals surface area contributed by atoms with Gasteiger partial charge in [0.1, 0.15) is 0 Å². The first kappa shape index (κ1) is 28.0. The number of ether oxygens (including phenoxy) is 3. The molecule has 38 heavy (non-hydrogen) atoms. The molecule has 0 saturated carbocycles. The van der Waals surface area contributed by atoms with Crippen LogP contribution < -0.4 is 24.4 Å². The predicted octanol–water partition coefficient (Wildman–Crippen LogP) is 5.29. The van der Waals surface area contributed by atoms with Gasteiger partial charge in [-0.3, -0.25) is 9.36 Å². The number of allylic oxidation sites excluding steroid dienone is 1. The standard InChI is InChI=1S/C28H28Cl2N2O5S/c1-5-6-7-12-37-21-11-9-18(13-22(21)35-3)25-24(27(34)36-4)16(2)31-28-32(25)26(33)23(38-28)14-17-8-10-19(29)15-20(17)30/h8-11,13-15,25H,5-7,12H2,1-4H3/b23-14-. The third-order valence-electron chi connectivity index (χ3n) is 6.18. The van der Waals surface area contributed by atoms with Crippen LogP contribution in [0.3, 0.4) is 0 Å². The van der Waals surface area contributed by atoms with Crippen molar-refractivity contribution in [3.8, 4) is 11.5 Å². The average molecular weight is 576 g/mol. The fourth-order valence-electron chi connectivity index (χ4n) is 4.28. The number of thiazole rings is 1. The van der Waals surface area contributed by atoms with Crippen molar-refractivity contribution < 1.29 is 19.0 Å². The van der Waals surface area contributed by atoms with Gasteiger partial charge in [0.25, 0.3) is 5.56 Å². The molecule has 10 heteroatoms. The molecule has 0 N–H and O–H groups in total. The van der Waals surface area contributed by atoms with Crippen molar-refractivity contribution in [3.05, 3.63) is 88.5 Å². The number of methoxy groups -OCH3 is 2. The van der Waals surface area contributed by atoms with Crippen molar-refractivity contribution in [2.45, 2.75) is 39.2 Å². The number of unbranched alkanes of at least 4 members (excludes halogenated alkanes) is 2. The summed E-state index contributed by atoms with van der Waals surface area (Å²) in [4.78, 5) is 31.7. The Morgan fingerprint density at radius 3 is 2.61 bits per heavy atom. The molecule has 0 bridgehead atoms. The maximum atomic E-state index is 13.7. The van der Waals surface area contributed by atoms with Crippen molar-refractivity contribution in [1.82, 2.24) is 4.57 Å². The van der Waals surface area contributed by atoms with E-state index in [1.807, 2.05) is 6.07 Å². The molecule has 0 spiro atoms. The lowest BCUT2D eigenvalue weighted by Gasteiger charge is -2.25. The average Bonchev–Trinajstić information content (AvgIpc) is 3.21. The zero-order valence-electron chi connectivity index (χ0n) is 21.5. The van der Waals surface area contributed by atoms with Crippen molar-refractivity contribution in [2.75, 3.05) is 20.8 Å². The number of fused-ring (bicyclic) bond motifs is 1. The van der Waals surface area contributed by atoms with E-state index in [-0.39, 0.29) is 11.1 Å². The van der Waals surface area contributed by atoms with Crippen LogP contribution in [0.2, 0.25) is 10.0 Å². The maximum absolute atomic E-state index is 13.7. The molecule has 2 heterocycles. The number of aromatic nitrogens is 1. The highest BCUT2D eigenvalue weighted by atomic mass is 35.5. The molecule has 1 aliphatic heterocycles. The van der Waals surface area contributed by atoms with Crippen LogP contribution >= 0.6 is 34.5 Å². The molecule has 3 aromatic rings. The van der Waals surface area contributed by atoms with E-state index in [2.05, 4.69) is 11.9 Å². The number of hydrogen-bond donors (Lipinski definition) is 0. The number of nitrogens with zero attached hydrogens (tertiary/aromatic N) is 2. The summed E-state index contributed by atoms with van der Waals surface area (Å²) in [7, 11) is 2.86. The van der Waals surface area contributed by atoms with Gasteiger partial charge in [0.2, 0.25) is 0 Å². The lowest BCUT2D eigenvalue weighted by molar-refractivity contribution is -0.136. The maximum Gasteiger partial charge on any atom is 0.338 e. The molecule has 0 radical (unpaired) electrons. The quantitative estimate of drug-likeness (QED) is 0.256. The second-order valence-electron chi connectivity index (χ2n) is 8.71. The highest BCUT2D eigenvalue weighted by Gasteiger charge is 2.33. The molecular weight excluding hydrogens is 547 g/mol. The van der Waals surface area contributed by atoms with Gasteiger partial charge in [-0.05, 0) is 54.8 Å². The predicted molar refractivity (Wildman–Crippen MR) is 150 cm³/mol. The fourth-order valence-corrected chi connectivity index (χ4v) is 5.78. The van der Waals surface area contributed by atoms with Gasteiger partial charge in [-0.15, -0.1) is 0 Å². The molecule has 0 saturated heterocycles. The van der Waals surface area contributed by atoms with Gasteiger partial charge in [-0.1, -0.05) is 66.4 Å². The molecule has 0 amide bonds. The van der Waals surface area contributed by atoms with Crippen molar-refractivity contribution in [1.29, 1.82) is 0 Å². The van der Waals surface area contributed by atoms with Crippen LogP contribution in [0, 0.1) is 0 Å². The number of esters is 1. The van der Waals surface area contributed by atoms with E-state index in [1.54, 1.807) is 50.4 Å². The van der Waals surface area contributed by atoms with E-state index in [9.17, 15) is 9.59 Å². The Hall–Kier alpha value is -3.07. The SMILES string of the molecule is CCCCCOc1ccc(C2C(C(=O)OC)=C(C)N=c3s/c(=C\c4ccc(Cl)cc4Cl)c(=O)n32)cc1OC. The largest absolute Gasteiger partial charge is 0.493 e. The molecule has 7 nitrogen and oxygen atoms in total. The van der Waals surface area contributed by atoms with Gasteiger partial charge in [0, 0.05) is 10.0 Å². The van der Waals surface area contributed by atoms with Crippen LogP contribution in [0.15, 0.2) is 57.5 Å². The summed E-state index contributed by atoms with van der Waals surface area (Å²) in [6.45, 7) is 4.43. The number of benzene rings is 2. The Bertz CT molecular complexity index is 1570. The van der Waals surface area contributed by atoms with Gasteiger partial charge in [0.15, 0.2) is 16.3 Å². The van der Waals surface area contributed by atoms with Gasteiger partial charge >= 0.3 is 5.97 Å². The molecular formula is C28H28Cl2N2O5S. The van der Waals surface area contributed by atoms with Crippen molar-refractivity contribution >= 4 is 46.6 Å². The van der Waals surface area contributed by atoms with Gasteiger partial charge in [-0.2, -0.15) is 0 Å². The summed E-state index contributed by atoms with van der Waals surface area (Å²) < 4.78 is 18.6. The van der Waals surface area contributed by atoms with E-state index in [0.717, 1.165) is 19.3 Å². The smallest absolute Gasteiger partial charge is 0.338 e. The Kier molecular flexibility index (Phi) is 8.97. The van der Waals surface area contributed by atoms with E-state index < -0.39 is 12.0 Å². The van der Waals surface area contributed by atoms with E-state index in [4.69, 9.17) is 37.4 Å². The molecule has 1 atom stereocenters. The summed E-state index contributed by atoms with van der Waals surface area (Å²) in [6.07, 6.45) is 4.80. The second-order valence-corrected chi connectivity index (χ2v) is 10.6. The number of hydrogen-bond acceptors (Lipinski definition) is 7. The molecule has 1 aliphatic rings. The monoisotopic (exact) mass is 574 g/mol. The third-order valence-corrected chi connectivity index (χ3v) is 7.73. The normalized spacial score (nSPS) is 15.2. The topological polar surface area (TPSA) is 79.1 Å². The second kappa shape index (κ2) is 12.2. The molecule has 200 valence electrons. The van der Waals surface area contributed by atoms with E-state index in [0.29, 0.717) is 54.3 Å². The molecule has 1 aromatic heterocycles. The van der Waals surface area contributed by atoms with E-state index in [1.165, 1.54) is 23.0 Å². The van der Waals surface area contributed by atoms with Crippen LogP contribution in [0.25, 0.3) is 6.08 Å². The Labute approximate surface area is 234 Å². The Balaban J connectivity index is 1.86. The lowest BCUT2D eigenvalue weighted by atomic mass is 9.95. The van der Waals surface area contributed by atoms with Crippen LogP contribution in [-0.2, 0) is 9.53 Å². The minimum atomic E-state index is -0.774. The highest BCUT2D eigenvalue weighted by molar-refractivity contribution is 7.07. The first-order chi connectivity index (χ1) is 18.3. The van der Waals surface area contributed by atoms with E-state index >= 15 is 0 Å². The highest BCUT2D eigenvalue weighted by Crippen LogP contribution is 2.36. The van der Waals surface area contributed by atoms with Gasteiger partial charge in [0.05, 0.1) is 42.7 Å². The molecule has 2 aromatic carbocycles. The first-order valence-electron chi connectivity index (χ1n) is 12.2. The van der Waals surface area contributed by atoms with Crippen molar-refractivity contribution in [2.24, 2.45) is 4.99 Å². The zero-order valence-corrected chi connectivity index (χ0v) is 23.9. The Morgan fingerprint density at radius 2 is 1.92 bits per heavy atom. The summed E-state index contributed by atoms with van der Waals surface area (Å²) in [5.74, 6) is 0.538. The minimum Gasteiger partial charge on any atom is -0.493 e. The third kappa shape index (κ3) is 5.67. The summed E-state index contributed by atoms with van der Waals surface area (Å²) in [6, 6.07) is 9.71. The first-order valence-corrected chi connectivity index (χ1v) is 13.7. The van der Waals surface area contributed by atoms with Crippen LogP contribution in [0.1, 0.15) is 50.3 Å². The number of carbonyl (C=O) groups is 1. The van der Waals surface area contributed by atoms with Crippen molar-refractivity contribution in [3.63, 3.8) is 0 Å². The lowest BCUT2D eigenvalue weighted by Crippen LogP contribution is -2.39. The molecule has 0 aliphatic carbocycles. The summed E-state index contributed by atoms with van der Waals surface area (Å²) in [5, 5.41) is 0.921. The van der Waals surface area contributed by atoms with Gasteiger partial charge < -0.3 is 14.2 Å². The zero-order chi connectivity index (χ0) is 27.4. The summed E-state index contributed by atoms with van der Waals surface area (Å²) >= 11 is 13.6. The van der Waals surface area contributed by atoms with Crippen LogP contribution in [0.5, 0.6) is 11.5 Å². The van der Waals surface area contributed by atoms with Crippen LogP contribution in [0.4, 0.5) is 0 Å². The van der Waals surface area contributed by atoms with Gasteiger partial charge in [-0.25, -0.2) is 9.79 Å². The molecule has 4 rings (SSSR count). The fraction of sp³-hybridized carbons (Fsp3) is 0.321. The number of rotatable bonds is 9.